The number of allylic oxidation sites excluding steroid dienone is 5. The average Bonchev–Trinajstić information content (AvgIpc) is 2.42. The first-order valence-electron chi connectivity index (χ1n) is 8.01. The highest BCUT2D eigenvalue weighted by atomic mass is 16.1. The van der Waals surface area contributed by atoms with E-state index in [9.17, 15) is 10.1 Å². The number of aldehydes is 1. The Morgan fingerprint density at radius 2 is 2.00 bits per heavy atom. The summed E-state index contributed by atoms with van der Waals surface area (Å²) < 4.78 is 0. The fourth-order valence-corrected chi connectivity index (χ4v) is 4.05. The van der Waals surface area contributed by atoms with Crippen LogP contribution in [0.2, 0.25) is 0 Å². The maximum absolute atomic E-state index is 11.4. The van der Waals surface area contributed by atoms with Gasteiger partial charge in [-0.15, -0.1) is 0 Å². The van der Waals surface area contributed by atoms with Gasteiger partial charge < -0.3 is 4.79 Å². The van der Waals surface area contributed by atoms with Gasteiger partial charge in [0, 0.05) is 16.9 Å². The highest BCUT2D eigenvalue weighted by molar-refractivity contribution is 5.55. The number of rotatable bonds is 4. The van der Waals surface area contributed by atoms with E-state index in [4.69, 9.17) is 0 Å². The molecule has 0 aromatic rings. The van der Waals surface area contributed by atoms with Gasteiger partial charge in [-0.2, -0.15) is 5.26 Å². The zero-order valence-corrected chi connectivity index (χ0v) is 14.9. The van der Waals surface area contributed by atoms with Crippen LogP contribution >= 0.6 is 0 Å². The van der Waals surface area contributed by atoms with Crippen molar-refractivity contribution in [2.24, 2.45) is 22.7 Å². The molecule has 3 unspecified atom stereocenters. The maximum atomic E-state index is 11.4. The molecule has 3 atom stereocenters. The molecule has 0 aliphatic heterocycles. The maximum Gasteiger partial charge on any atom is 0.123 e. The molecule has 2 nitrogen and oxygen atoms in total. The molecule has 0 saturated heterocycles. The van der Waals surface area contributed by atoms with Crippen molar-refractivity contribution in [3.63, 3.8) is 0 Å². The molecular formula is C20H29NO. The minimum atomic E-state index is -0.291. The first-order chi connectivity index (χ1) is 10.1. The third-order valence-corrected chi connectivity index (χ3v) is 5.09. The van der Waals surface area contributed by atoms with Crippen LogP contribution in [0.5, 0.6) is 0 Å². The SMILES string of the molecule is C=C(C)/C=C1\C(C)(C)CCC(C(C)C=O)C1(C)/C=C(\C)C#N. The van der Waals surface area contributed by atoms with Crippen molar-refractivity contribution in [3.05, 3.63) is 35.5 Å². The Labute approximate surface area is 135 Å². The van der Waals surface area contributed by atoms with Gasteiger partial charge in [-0.1, -0.05) is 57.6 Å². The number of hydrogen-bond acceptors (Lipinski definition) is 2. The van der Waals surface area contributed by atoms with Crippen molar-refractivity contribution < 1.29 is 4.79 Å². The molecule has 1 rings (SSSR count). The molecule has 1 aliphatic carbocycles. The van der Waals surface area contributed by atoms with Crippen LogP contribution in [0.25, 0.3) is 0 Å². The molecule has 0 aromatic heterocycles. The zero-order chi connectivity index (χ0) is 17.1. The van der Waals surface area contributed by atoms with Gasteiger partial charge >= 0.3 is 0 Å². The Morgan fingerprint density at radius 1 is 1.41 bits per heavy atom. The van der Waals surface area contributed by atoms with E-state index in [1.165, 1.54) is 5.57 Å². The predicted molar refractivity (Wildman–Crippen MR) is 92.1 cm³/mol. The zero-order valence-electron chi connectivity index (χ0n) is 14.9. The molecule has 22 heavy (non-hydrogen) atoms. The van der Waals surface area contributed by atoms with Crippen LogP contribution in [0.4, 0.5) is 0 Å². The van der Waals surface area contributed by atoms with Gasteiger partial charge in [-0.3, -0.25) is 0 Å². The summed E-state index contributed by atoms with van der Waals surface area (Å²) in [5, 5.41) is 9.24. The molecule has 1 fully saturated rings. The molecular weight excluding hydrogens is 270 g/mol. The lowest BCUT2D eigenvalue weighted by molar-refractivity contribution is -0.113. The standard InChI is InChI=1S/C20H29NO/c1-14(2)10-18-19(5,6)9-8-17(16(4)13-22)20(18,7)11-15(3)12-21/h10-11,13,16-17H,1,8-9H2,2-7H3/b15-11+,18-10+. The Balaban J connectivity index is 3.59. The van der Waals surface area contributed by atoms with E-state index in [-0.39, 0.29) is 22.7 Å². The molecule has 120 valence electrons. The van der Waals surface area contributed by atoms with Gasteiger partial charge in [0.25, 0.3) is 0 Å². The monoisotopic (exact) mass is 299 g/mol. The van der Waals surface area contributed by atoms with Crippen LogP contribution in [0.15, 0.2) is 35.5 Å². The van der Waals surface area contributed by atoms with E-state index in [1.54, 1.807) is 0 Å². The number of carbonyl (C=O) groups excluding carboxylic acids is 1. The van der Waals surface area contributed by atoms with Crippen LogP contribution in [-0.4, -0.2) is 6.29 Å². The number of carbonyl (C=O) groups is 1. The van der Waals surface area contributed by atoms with Crippen molar-refractivity contribution >= 4 is 6.29 Å². The number of nitriles is 1. The summed E-state index contributed by atoms with van der Waals surface area (Å²) in [6.07, 6.45) is 7.31. The molecule has 1 aliphatic rings. The Kier molecular flexibility index (Phi) is 5.57. The van der Waals surface area contributed by atoms with Gasteiger partial charge in [0.15, 0.2) is 0 Å². The molecule has 0 radical (unpaired) electrons. The number of hydrogen-bond donors (Lipinski definition) is 0. The van der Waals surface area contributed by atoms with E-state index in [1.807, 2.05) is 20.8 Å². The Morgan fingerprint density at radius 3 is 2.45 bits per heavy atom. The largest absolute Gasteiger partial charge is 0.303 e. The minimum absolute atomic E-state index is 0.0302. The lowest BCUT2D eigenvalue weighted by atomic mass is 9.53. The fourth-order valence-electron chi connectivity index (χ4n) is 4.05. The quantitative estimate of drug-likeness (QED) is 0.526. The Bertz CT molecular complexity index is 559. The van der Waals surface area contributed by atoms with Crippen molar-refractivity contribution in [3.8, 4) is 6.07 Å². The highest BCUT2D eigenvalue weighted by Crippen LogP contribution is 2.56. The van der Waals surface area contributed by atoms with Gasteiger partial charge in [0.1, 0.15) is 6.29 Å². The smallest absolute Gasteiger partial charge is 0.123 e. The molecule has 0 aromatic carbocycles. The topological polar surface area (TPSA) is 40.9 Å². The summed E-state index contributed by atoms with van der Waals surface area (Å²) >= 11 is 0. The predicted octanol–water partition coefficient (Wildman–Crippen LogP) is 5.24. The van der Waals surface area contributed by atoms with Crippen molar-refractivity contribution in [2.45, 2.75) is 54.4 Å². The van der Waals surface area contributed by atoms with Crippen molar-refractivity contribution in [1.29, 1.82) is 5.26 Å². The second-order valence-electron chi connectivity index (χ2n) is 7.65. The lowest BCUT2D eigenvalue weighted by Gasteiger charge is -2.51. The van der Waals surface area contributed by atoms with E-state index in [0.717, 1.165) is 24.7 Å². The normalized spacial score (nSPS) is 31.4. The van der Waals surface area contributed by atoms with E-state index < -0.39 is 0 Å². The van der Waals surface area contributed by atoms with Gasteiger partial charge in [0.05, 0.1) is 6.07 Å². The van der Waals surface area contributed by atoms with Crippen molar-refractivity contribution in [2.75, 3.05) is 0 Å². The van der Waals surface area contributed by atoms with E-state index in [2.05, 4.69) is 45.6 Å². The average molecular weight is 299 g/mol. The first kappa shape index (κ1) is 18.4. The van der Waals surface area contributed by atoms with Gasteiger partial charge in [-0.25, -0.2) is 0 Å². The van der Waals surface area contributed by atoms with E-state index in [0.29, 0.717) is 5.57 Å². The van der Waals surface area contributed by atoms with Crippen LogP contribution in [0.1, 0.15) is 54.4 Å². The van der Waals surface area contributed by atoms with Crippen LogP contribution in [0.3, 0.4) is 0 Å². The van der Waals surface area contributed by atoms with Gasteiger partial charge in [-0.05, 0) is 38.0 Å². The lowest BCUT2D eigenvalue weighted by Crippen LogP contribution is -2.43. The van der Waals surface area contributed by atoms with Gasteiger partial charge in [0.2, 0.25) is 0 Å². The summed E-state index contributed by atoms with van der Waals surface area (Å²) in [6, 6.07) is 2.24. The summed E-state index contributed by atoms with van der Waals surface area (Å²) in [6.45, 7) is 16.5. The molecule has 0 amide bonds. The van der Waals surface area contributed by atoms with Crippen LogP contribution < -0.4 is 0 Å². The van der Waals surface area contributed by atoms with Crippen molar-refractivity contribution in [1.82, 2.24) is 0 Å². The number of nitrogens with zero attached hydrogens (tertiary/aromatic N) is 1. The first-order valence-corrected chi connectivity index (χ1v) is 8.01. The molecule has 0 heterocycles. The summed E-state index contributed by atoms with van der Waals surface area (Å²) in [4.78, 5) is 11.4. The van der Waals surface area contributed by atoms with Crippen LogP contribution in [0, 0.1) is 34.0 Å². The second kappa shape index (κ2) is 6.65. The second-order valence-corrected chi connectivity index (χ2v) is 7.65. The third-order valence-electron chi connectivity index (χ3n) is 5.09. The molecule has 0 bridgehead atoms. The molecule has 0 spiro atoms. The highest BCUT2D eigenvalue weighted by Gasteiger charge is 2.48. The molecule has 2 heteroatoms. The molecule has 1 saturated carbocycles. The summed E-state index contributed by atoms with van der Waals surface area (Å²) in [5.41, 5.74) is 2.75. The van der Waals surface area contributed by atoms with Crippen LogP contribution in [-0.2, 0) is 4.79 Å². The minimum Gasteiger partial charge on any atom is -0.303 e. The molecule has 0 N–H and O–H groups in total. The summed E-state index contributed by atoms with van der Waals surface area (Å²) in [5.74, 6) is 0.185. The fraction of sp³-hybridized carbons (Fsp3) is 0.600. The van der Waals surface area contributed by atoms with E-state index >= 15 is 0 Å². The Hall–Kier alpha value is -1.62. The third kappa shape index (κ3) is 3.58. The summed E-state index contributed by atoms with van der Waals surface area (Å²) in [7, 11) is 0.